The maximum atomic E-state index is 11.1. The molecule has 4 nitrogen and oxygen atoms in total. The summed E-state index contributed by atoms with van der Waals surface area (Å²) >= 11 is 6.73. The fraction of sp³-hybridized carbons (Fsp3) is 0.0909. The van der Waals surface area contributed by atoms with Crippen molar-refractivity contribution in [1.29, 1.82) is 0 Å². The lowest BCUT2D eigenvalue weighted by atomic mass is 10.2. The number of thiophene rings is 1. The summed E-state index contributed by atoms with van der Waals surface area (Å²) in [5.74, 6) is -0.728. The standard InChI is InChI=1S/C11H9ClN2O2S/c12-5-8(13)14-9-6-3-1-2-4-7(6)17-10(9)11(15)16/h1-4H,5H2,(H2,13,14)(H,15,16). The van der Waals surface area contributed by atoms with Gasteiger partial charge in [0.15, 0.2) is 0 Å². The Morgan fingerprint density at radius 2 is 2.18 bits per heavy atom. The third kappa shape index (κ3) is 2.25. The van der Waals surface area contributed by atoms with Gasteiger partial charge in [0.05, 0.1) is 11.6 Å². The summed E-state index contributed by atoms with van der Waals surface area (Å²) in [6.07, 6.45) is 0. The molecular formula is C11H9ClN2O2S. The minimum atomic E-state index is -1.01. The number of rotatable bonds is 3. The molecular weight excluding hydrogens is 260 g/mol. The fourth-order valence-electron chi connectivity index (χ4n) is 1.46. The smallest absolute Gasteiger partial charge is 0.348 e. The molecule has 2 rings (SSSR count). The molecule has 0 bridgehead atoms. The molecule has 17 heavy (non-hydrogen) atoms. The minimum Gasteiger partial charge on any atom is -0.477 e. The highest BCUT2D eigenvalue weighted by Gasteiger charge is 2.17. The van der Waals surface area contributed by atoms with E-state index in [9.17, 15) is 4.79 Å². The van der Waals surface area contributed by atoms with E-state index in [0.29, 0.717) is 5.69 Å². The topological polar surface area (TPSA) is 75.7 Å². The molecule has 0 saturated heterocycles. The number of nitrogens with two attached hydrogens (primary N) is 1. The van der Waals surface area contributed by atoms with Crippen LogP contribution >= 0.6 is 22.9 Å². The molecule has 88 valence electrons. The maximum absolute atomic E-state index is 11.1. The molecule has 0 radical (unpaired) electrons. The van der Waals surface area contributed by atoms with E-state index in [-0.39, 0.29) is 16.6 Å². The van der Waals surface area contributed by atoms with E-state index in [1.807, 2.05) is 24.3 Å². The zero-order valence-electron chi connectivity index (χ0n) is 8.68. The Morgan fingerprint density at radius 1 is 1.47 bits per heavy atom. The van der Waals surface area contributed by atoms with Crippen molar-refractivity contribution in [2.75, 3.05) is 5.88 Å². The second-order valence-electron chi connectivity index (χ2n) is 3.32. The summed E-state index contributed by atoms with van der Waals surface area (Å²) < 4.78 is 0.867. The predicted octanol–water partition coefficient (Wildman–Crippen LogP) is 2.83. The van der Waals surface area contributed by atoms with E-state index < -0.39 is 5.97 Å². The monoisotopic (exact) mass is 268 g/mol. The number of nitrogens with zero attached hydrogens (tertiary/aromatic N) is 1. The number of hydrogen-bond acceptors (Lipinski definition) is 3. The zero-order chi connectivity index (χ0) is 12.4. The SMILES string of the molecule is NC(CCl)=Nc1c(C(=O)O)sc2ccccc12. The van der Waals surface area contributed by atoms with Crippen LogP contribution in [-0.4, -0.2) is 22.8 Å². The van der Waals surface area contributed by atoms with Crippen LogP contribution in [0.15, 0.2) is 29.3 Å². The molecule has 1 heterocycles. The molecule has 0 amide bonds. The van der Waals surface area contributed by atoms with Gasteiger partial charge in [0, 0.05) is 10.1 Å². The number of alkyl halides is 1. The third-order valence-electron chi connectivity index (χ3n) is 2.16. The van der Waals surface area contributed by atoms with Crippen LogP contribution < -0.4 is 5.73 Å². The summed E-state index contributed by atoms with van der Waals surface area (Å²) in [4.78, 5) is 15.4. The van der Waals surface area contributed by atoms with Crippen molar-refractivity contribution in [2.45, 2.75) is 0 Å². The van der Waals surface area contributed by atoms with Crippen molar-refractivity contribution in [2.24, 2.45) is 10.7 Å². The first-order valence-electron chi connectivity index (χ1n) is 4.77. The van der Waals surface area contributed by atoms with Crippen LogP contribution in [0.3, 0.4) is 0 Å². The second kappa shape index (κ2) is 4.73. The number of carboxylic acids is 1. The average molecular weight is 269 g/mol. The van der Waals surface area contributed by atoms with Crippen LogP contribution in [-0.2, 0) is 0 Å². The molecule has 0 spiro atoms. The Balaban J connectivity index is 2.72. The van der Waals surface area contributed by atoms with E-state index in [0.717, 1.165) is 10.1 Å². The van der Waals surface area contributed by atoms with Crippen LogP contribution in [0.25, 0.3) is 10.1 Å². The number of fused-ring (bicyclic) bond motifs is 1. The number of aromatic carboxylic acids is 1. The molecule has 0 unspecified atom stereocenters. The first-order chi connectivity index (χ1) is 8.13. The normalized spacial score (nSPS) is 11.9. The molecule has 1 aromatic carbocycles. The zero-order valence-corrected chi connectivity index (χ0v) is 10.3. The Morgan fingerprint density at radius 3 is 2.82 bits per heavy atom. The van der Waals surface area contributed by atoms with Gasteiger partial charge in [-0.05, 0) is 6.07 Å². The summed E-state index contributed by atoms with van der Waals surface area (Å²) in [5.41, 5.74) is 5.94. The first kappa shape index (κ1) is 11.9. The molecule has 0 aliphatic rings. The maximum Gasteiger partial charge on any atom is 0.348 e. The van der Waals surface area contributed by atoms with Gasteiger partial charge in [0.1, 0.15) is 10.7 Å². The van der Waals surface area contributed by atoms with Crippen molar-refractivity contribution in [3.8, 4) is 0 Å². The van der Waals surface area contributed by atoms with Crippen molar-refractivity contribution < 1.29 is 9.90 Å². The van der Waals surface area contributed by atoms with Crippen molar-refractivity contribution in [3.63, 3.8) is 0 Å². The Labute approximate surface area is 106 Å². The number of hydrogen-bond donors (Lipinski definition) is 2. The number of benzene rings is 1. The van der Waals surface area contributed by atoms with E-state index in [4.69, 9.17) is 22.4 Å². The highest BCUT2D eigenvalue weighted by molar-refractivity contribution is 7.21. The number of amidine groups is 1. The van der Waals surface area contributed by atoms with Crippen LogP contribution in [0.2, 0.25) is 0 Å². The fourth-order valence-corrected chi connectivity index (χ4v) is 2.50. The molecule has 3 N–H and O–H groups in total. The van der Waals surface area contributed by atoms with Gasteiger partial charge in [-0.25, -0.2) is 9.79 Å². The number of aliphatic imine (C=N–C) groups is 1. The highest BCUT2D eigenvalue weighted by Crippen LogP contribution is 2.37. The lowest BCUT2D eigenvalue weighted by Crippen LogP contribution is -2.12. The second-order valence-corrected chi connectivity index (χ2v) is 4.64. The lowest BCUT2D eigenvalue weighted by molar-refractivity contribution is 0.0703. The quantitative estimate of drug-likeness (QED) is 0.511. The lowest BCUT2D eigenvalue weighted by Gasteiger charge is -1.97. The van der Waals surface area contributed by atoms with Crippen molar-refractivity contribution in [3.05, 3.63) is 29.1 Å². The first-order valence-corrected chi connectivity index (χ1v) is 6.12. The minimum absolute atomic E-state index is 0.0727. The average Bonchev–Trinajstić information content (AvgIpc) is 2.68. The van der Waals surface area contributed by atoms with Crippen molar-refractivity contribution >= 4 is 50.5 Å². The van der Waals surface area contributed by atoms with Crippen LogP contribution in [0.1, 0.15) is 9.67 Å². The molecule has 6 heteroatoms. The van der Waals surface area contributed by atoms with E-state index in [1.165, 1.54) is 11.3 Å². The highest BCUT2D eigenvalue weighted by atomic mass is 35.5. The van der Waals surface area contributed by atoms with Crippen LogP contribution in [0.5, 0.6) is 0 Å². The van der Waals surface area contributed by atoms with Crippen LogP contribution in [0.4, 0.5) is 5.69 Å². The summed E-state index contributed by atoms with van der Waals surface area (Å²) in [6.45, 7) is 0. The van der Waals surface area contributed by atoms with Gasteiger partial charge in [-0.1, -0.05) is 18.2 Å². The molecule has 2 aromatic rings. The van der Waals surface area contributed by atoms with Crippen LogP contribution in [0, 0.1) is 0 Å². The van der Waals surface area contributed by atoms with E-state index in [1.54, 1.807) is 0 Å². The number of halogens is 1. The molecule has 0 aliphatic carbocycles. The van der Waals surface area contributed by atoms with Gasteiger partial charge in [-0.3, -0.25) is 0 Å². The third-order valence-corrected chi connectivity index (χ3v) is 3.58. The van der Waals surface area contributed by atoms with E-state index >= 15 is 0 Å². The van der Waals surface area contributed by atoms with Gasteiger partial charge in [0.2, 0.25) is 0 Å². The Kier molecular flexibility index (Phi) is 3.31. The van der Waals surface area contributed by atoms with Gasteiger partial charge >= 0.3 is 5.97 Å². The number of carbonyl (C=O) groups is 1. The number of carboxylic acid groups (broad SMARTS) is 1. The molecule has 1 aromatic heterocycles. The summed E-state index contributed by atoms with van der Waals surface area (Å²) in [7, 11) is 0. The molecule has 0 fully saturated rings. The summed E-state index contributed by atoms with van der Waals surface area (Å²) in [6, 6.07) is 7.35. The van der Waals surface area contributed by atoms with Gasteiger partial charge in [-0.15, -0.1) is 22.9 Å². The van der Waals surface area contributed by atoms with Crippen molar-refractivity contribution in [1.82, 2.24) is 0 Å². The van der Waals surface area contributed by atoms with Gasteiger partial charge in [0.25, 0.3) is 0 Å². The Bertz CT molecular complexity index is 607. The molecule has 0 aliphatic heterocycles. The molecule has 0 atom stereocenters. The molecule has 0 saturated carbocycles. The Hall–Kier alpha value is -1.59. The van der Waals surface area contributed by atoms with Gasteiger partial charge < -0.3 is 10.8 Å². The van der Waals surface area contributed by atoms with E-state index in [2.05, 4.69) is 4.99 Å². The predicted molar refractivity (Wildman–Crippen MR) is 70.8 cm³/mol. The largest absolute Gasteiger partial charge is 0.477 e. The summed E-state index contributed by atoms with van der Waals surface area (Å²) in [5, 5.41) is 9.90. The van der Waals surface area contributed by atoms with Gasteiger partial charge in [-0.2, -0.15) is 0 Å².